The zero-order valence-electron chi connectivity index (χ0n) is 19.7. The molecule has 1 aliphatic heterocycles. The number of aliphatic imine (C=N–C) groups is 1. The topological polar surface area (TPSA) is 72.0 Å². The molecule has 1 fully saturated rings. The lowest BCUT2D eigenvalue weighted by Gasteiger charge is -2.23. The van der Waals surface area contributed by atoms with E-state index in [1.54, 1.807) is 7.05 Å². The predicted octanol–water partition coefficient (Wildman–Crippen LogP) is 4.51. The smallest absolute Gasteiger partial charge is 0.321 e. The molecule has 1 saturated heterocycles. The lowest BCUT2D eigenvalue weighted by atomic mass is 10.2. The Labute approximate surface area is 215 Å². The van der Waals surface area contributed by atoms with Crippen LogP contribution in [0, 0.1) is 0 Å². The molecule has 3 rings (SSSR count). The van der Waals surface area contributed by atoms with Crippen LogP contribution in [-0.4, -0.2) is 56.7 Å². The normalized spacial score (nSPS) is 13.3. The van der Waals surface area contributed by atoms with Gasteiger partial charge in [0.1, 0.15) is 0 Å². The molecule has 8 heteroatoms. The van der Waals surface area contributed by atoms with E-state index in [0.29, 0.717) is 6.54 Å². The number of amides is 2. The first-order valence-electron chi connectivity index (χ1n) is 11.6. The average molecular weight is 565 g/mol. The summed E-state index contributed by atoms with van der Waals surface area (Å²) in [5, 5.41) is 9.75. The Morgan fingerprint density at radius 2 is 1.82 bits per heavy atom. The maximum Gasteiger partial charge on any atom is 0.321 e. The van der Waals surface area contributed by atoms with Crippen molar-refractivity contribution < 1.29 is 4.79 Å². The third-order valence-electron chi connectivity index (χ3n) is 5.66. The highest BCUT2D eigenvalue weighted by molar-refractivity contribution is 14.0. The number of guanidine groups is 1. The number of halogens is 1. The fraction of sp³-hybridized carbons (Fsp3) is 0.440. The minimum absolute atomic E-state index is 0. The van der Waals surface area contributed by atoms with Gasteiger partial charge in [0.15, 0.2) is 5.96 Å². The first-order chi connectivity index (χ1) is 15.7. The molecule has 33 heavy (non-hydrogen) atoms. The molecule has 180 valence electrons. The summed E-state index contributed by atoms with van der Waals surface area (Å²) in [6, 6.07) is 18.4. The standard InChI is InChI=1S/C25H36N6O.HI/c1-3-30(23-13-5-4-6-14-23)18-10-15-27-24(26-2)28-20-21-11-9-12-22(19-21)29-25(32)31-16-7-8-17-31;/h4-6,9,11-14,19H,3,7-8,10,15-18,20H2,1-2H3,(H,29,32)(H2,26,27,28);1H. The van der Waals surface area contributed by atoms with Gasteiger partial charge in [0.2, 0.25) is 0 Å². The van der Waals surface area contributed by atoms with Crippen molar-refractivity contribution >= 4 is 47.3 Å². The molecule has 0 bridgehead atoms. The number of hydrogen-bond acceptors (Lipinski definition) is 3. The van der Waals surface area contributed by atoms with E-state index < -0.39 is 0 Å². The molecule has 0 unspecified atom stereocenters. The number of hydrogen-bond donors (Lipinski definition) is 3. The lowest BCUT2D eigenvalue weighted by Crippen LogP contribution is -2.38. The van der Waals surface area contributed by atoms with Crippen LogP contribution in [0.25, 0.3) is 0 Å². The molecule has 2 aromatic carbocycles. The highest BCUT2D eigenvalue weighted by Crippen LogP contribution is 2.14. The molecule has 1 aliphatic rings. The highest BCUT2D eigenvalue weighted by atomic mass is 127. The number of para-hydroxylation sites is 1. The number of benzene rings is 2. The molecule has 0 aromatic heterocycles. The minimum atomic E-state index is -0.0123. The summed E-state index contributed by atoms with van der Waals surface area (Å²) in [6.07, 6.45) is 3.19. The summed E-state index contributed by atoms with van der Waals surface area (Å²) >= 11 is 0. The summed E-state index contributed by atoms with van der Waals surface area (Å²) in [7, 11) is 1.78. The van der Waals surface area contributed by atoms with Crippen molar-refractivity contribution in [2.75, 3.05) is 50.0 Å². The van der Waals surface area contributed by atoms with Gasteiger partial charge in [-0.25, -0.2) is 4.79 Å². The monoisotopic (exact) mass is 564 g/mol. The van der Waals surface area contributed by atoms with Gasteiger partial charge in [-0.15, -0.1) is 24.0 Å². The molecule has 7 nitrogen and oxygen atoms in total. The van der Waals surface area contributed by atoms with Gasteiger partial charge in [0, 0.05) is 57.7 Å². The van der Waals surface area contributed by atoms with Crippen LogP contribution in [0.3, 0.4) is 0 Å². The molecular formula is C25H37IN6O. The Kier molecular flexibility index (Phi) is 11.9. The third kappa shape index (κ3) is 8.75. The first kappa shape index (κ1) is 26.8. The Morgan fingerprint density at radius 3 is 2.52 bits per heavy atom. The van der Waals surface area contributed by atoms with Crippen LogP contribution in [0.5, 0.6) is 0 Å². The molecule has 0 spiro atoms. The minimum Gasteiger partial charge on any atom is -0.372 e. The van der Waals surface area contributed by atoms with Gasteiger partial charge in [-0.3, -0.25) is 4.99 Å². The van der Waals surface area contributed by atoms with E-state index in [1.807, 2.05) is 35.2 Å². The van der Waals surface area contributed by atoms with Gasteiger partial charge < -0.3 is 25.8 Å². The van der Waals surface area contributed by atoms with Crippen LogP contribution >= 0.6 is 24.0 Å². The first-order valence-corrected chi connectivity index (χ1v) is 11.6. The van der Waals surface area contributed by atoms with E-state index in [1.165, 1.54) is 5.69 Å². The summed E-state index contributed by atoms with van der Waals surface area (Å²) in [6.45, 7) is 7.33. The van der Waals surface area contributed by atoms with Crippen molar-refractivity contribution in [1.82, 2.24) is 15.5 Å². The van der Waals surface area contributed by atoms with Crippen molar-refractivity contribution in [2.45, 2.75) is 32.7 Å². The van der Waals surface area contributed by atoms with E-state index in [0.717, 1.165) is 69.2 Å². The van der Waals surface area contributed by atoms with E-state index >= 15 is 0 Å². The van der Waals surface area contributed by atoms with Gasteiger partial charge in [-0.05, 0) is 56.0 Å². The van der Waals surface area contributed by atoms with Crippen molar-refractivity contribution in [3.8, 4) is 0 Å². The summed E-state index contributed by atoms with van der Waals surface area (Å²) < 4.78 is 0. The quantitative estimate of drug-likeness (QED) is 0.181. The maximum atomic E-state index is 12.3. The van der Waals surface area contributed by atoms with E-state index in [9.17, 15) is 4.79 Å². The number of rotatable bonds is 9. The lowest BCUT2D eigenvalue weighted by molar-refractivity contribution is 0.222. The molecule has 1 heterocycles. The van der Waals surface area contributed by atoms with Crippen molar-refractivity contribution in [1.29, 1.82) is 0 Å². The molecular weight excluding hydrogens is 527 g/mol. The van der Waals surface area contributed by atoms with E-state index in [2.05, 4.69) is 57.0 Å². The second-order valence-electron chi connectivity index (χ2n) is 7.95. The predicted molar refractivity (Wildman–Crippen MR) is 149 cm³/mol. The summed E-state index contributed by atoms with van der Waals surface area (Å²) in [5.41, 5.74) is 3.17. The molecule has 2 amide bonds. The Morgan fingerprint density at radius 1 is 1.06 bits per heavy atom. The van der Waals surface area contributed by atoms with E-state index in [-0.39, 0.29) is 30.0 Å². The zero-order valence-corrected chi connectivity index (χ0v) is 22.0. The van der Waals surface area contributed by atoms with Crippen LogP contribution in [0.4, 0.5) is 16.2 Å². The molecule has 0 aliphatic carbocycles. The average Bonchev–Trinajstić information content (AvgIpc) is 3.37. The van der Waals surface area contributed by atoms with Gasteiger partial charge in [0.25, 0.3) is 0 Å². The van der Waals surface area contributed by atoms with Crippen molar-refractivity contribution in [3.63, 3.8) is 0 Å². The maximum absolute atomic E-state index is 12.3. The molecule has 0 atom stereocenters. The SMILES string of the molecule is CCN(CCCNC(=NC)NCc1cccc(NC(=O)N2CCCC2)c1)c1ccccc1.I. The number of nitrogens with zero attached hydrogens (tertiary/aromatic N) is 3. The Bertz CT molecular complexity index is 870. The van der Waals surface area contributed by atoms with Crippen LogP contribution in [0.15, 0.2) is 59.6 Å². The fourth-order valence-corrected chi connectivity index (χ4v) is 3.87. The van der Waals surface area contributed by atoms with Crippen molar-refractivity contribution in [3.05, 3.63) is 60.2 Å². The van der Waals surface area contributed by atoms with Gasteiger partial charge in [-0.1, -0.05) is 30.3 Å². The number of likely N-dealkylation sites (tertiary alicyclic amines) is 1. The van der Waals surface area contributed by atoms with Crippen LogP contribution in [-0.2, 0) is 6.54 Å². The van der Waals surface area contributed by atoms with Gasteiger partial charge >= 0.3 is 6.03 Å². The second kappa shape index (κ2) is 14.6. The van der Waals surface area contributed by atoms with Gasteiger partial charge in [0.05, 0.1) is 0 Å². The number of nitrogens with one attached hydrogen (secondary N) is 3. The Balaban J connectivity index is 0.00000385. The molecule has 3 N–H and O–H groups in total. The number of carbonyl (C=O) groups is 1. The highest BCUT2D eigenvalue weighted by Gasteiger charge is 2.17. The van der Waals surface area contributed by atoms with Crippen molar-refractivity contribution in [2.24, 2.45) is 4.99 Å². The van der Waals surface area contributed by atoms with E-state index in [4.69, 9.17) is 0 Å². The summed E-state index contributed by atoms with van der Waals surface area (Å²) in [5.74, 6) is 0.777. The summed E-state index contributed by atoms with van der Waals surface area (Å²) in [4.78, 5) is 20.9. The number of urea groups is 1. The van der Waals surface area contributed by atoms with Crippen LogP contribution < -0.4 is 20.9 Å². The van der Waals surface area contributed by atoms with Gasteiger partial charge in [-0.2, -0.15) is 0 Å². The fourth-order valence-electron chi connectivity index (χ4n) is 3.87. The number of anilines is 2. The molecule has 0 saturated carbocycles. The van der Waals surface area contributed by atoms with Crippen LogP contribution in [0.1, 0.15) is 31.7 Å². The molecule has 0 radical (unpaired) electrons. The van der Waals surface area contributed by atoms with Crippen LogP contribution in [0.2, 0.25) is 0 Å². The second-order valence-corrected chi connectivity index (χ2v) is 7.95. The number of carbonyl (C=O) groups excluding carboxylic acids is 1. The largest absolute Gasteiger partial charge is 0.372 e. The molecule has 2 aromatic rings. The third-order valence-corrected chi connectivity index (χ3v) is 5.66. The Hall–Kier alpha value is -2.49. The zero-order chi connectivity index (χ0) is 22.6.